The number of nitrogens with zero attached hydrogens (tertiary/aromatic N) is 2. The normalized spacial score (nSPS) is 14.6. The molecular formula is C26H27Cl2N3O4S. The summed E-state index contributed by atoms with van der Waals surface area (Å²) >= 11 is 12.2. The summed E-state index contributed by atoms with van der Waals surface area (Å²) in [5.41, 5.74) is 1.37. The molecule has 0 bridgehead atoms. The molecule has 2 amide bonds. The maximum absolute atomic E-state index is 13.4. The first-order valence-corrected chi connectivity index (χ1v) is 13.9. The Kier molecular flexibility index (Phi) is 7.78. The highest BCUT2D eigenvalue weighted by Crippen LogP contribution is 2.42. The molecule has 0 fully saturated rings. The van der Waals surface area contributed by atoms with Crippen molar-refractivity contribution in [3.8, 4) is 0 Å². The van der Waals surface area contributed by atoms with Gasteiger partial charge in [-0.05, 0) is 48.1 Å². The summed E-state index contributed by atoms with van der Waals surface area (Å²) in [7, 11) is -2.16. The SMILES string of the molecule is CC[C@@H](C(=O)NC)N(Cc1ccc(Cl)c(Cl)c1)C(=O)CCCN1c2cccc3cccc(c23)S1(=O)=O. The third-order valence-corrected chi connectivity index (χ3v) is 9.00. The predicted molar refractivity (Wildman–Crippen MR) is 143 cm³/mol. The van der Waals surface area contributed by atoms with Gasteiger partial charge < -0.3 is 10.2 Å². The van der Waals surface area contributed by atoms with Crippen LogP contribution in [0.25, 0.3) is 10.8 Å². The van der Waals surface area contributed by atoms with E-state index in [0.29, 0.717) is 34.0 Å². The largest absolute Gasteiger partial charge is 0.357 e. The number of hydrogen-bond donors (Lipinski definition) is 1. The van der Waals surface area contributed by atoms with Gasteiger partial charge >= 0.3 is 0 Å². The predicted octanol–water partition coefficient (Wildman–Crippen LogP) is 4.99. The minimum Gasteiger partial charge on any atom is -0.357 e. The van der Waals surface area contributed by atoms with E-state index in [2.05, 4.69) is 5.32 Å². The summed E-state index contributed by atoms with van der Waals surface area (Å²) in [5.74, 6) is -0.515. The van der Waals surface area contributed by atoms with Crippen LogP contribution in [0, 0.1) is 0 Å². The molecule has 0 saturated carbocycles. The Labute approximate surface area is 221 Å². The number of carbonyl (C=O) groups is 2. The quantitative estimate of drug-likeness (QED) is 0.408. The summed E-state index contributed by atoms with van der Waals surface area (Å²) in [6.07, 6.45) is 0.794. The van der Waals surface area contributed by atoms with Crippen LogP contribution in [0.15, 0.2) is 59.5 Å². The molecule has 1 atom stereocenters. The maximum atomic E-state index is 13.4. The van der Waals surface area contributed by atoms with Crippen LogP contribution in [0.3, 0.4) is 0 Å². The maximum Gasteiger partial charge on any atom is 0.265 e. The van der Waals surface area contributed by atoms with Crippen molar-refractivity contribution in [2.45, 2.75) is 43.7 Å². The van der Waals surface area contributed by atoms with Crippen molar-refractivity contribution in [3.63, 3.8) is 0 Å². The molecule has 0 aliphatic carbocycles. The average molecular weight is 548 g/mol. The smallest absolute Gasteiger partial charge is 0.265 e. The molecule has 0 saturated heterocycles. The van der Waals surface area contributed by atoms with Gasteiger partial charge in [-0.15, -0.1) is 0 Å². The molecule has 1 aliphatic heterocycles. The number of benzene rings is 3. The molecule has 0 unspecified atom stereocenters. The highest BCUT2D eigenvalue weighted by atomic mass is 35.5. The molecule has 7 nitrogen and oxygen atoms in total. The Morgan fingerprint density at radius 3 is 2.44 bits per heavy atom. The summed E-state index contributed by atoms with van der Waals surface area (Å²) in [6.45, 7) is 2.16. The molecule has 4 rings (SSSR count). The van der Waals surface area contributed by atoms with Gasteiger partial charge in [-0.3, -0.25) is 13.9 Å². The third kappa shape index (κ3) is 4.90. The number of sulfonamides is 1. The summed E-state index contributed by atoms with van der Waals surface area (Å²) in [4.78, 5) is 27.7. The van der Waals surface area contributed by atoms with E-state index in [4.69, 9.17) is 23.2 Å². The highest BCUT2D eigenvalue weighted by molar-refractivity contribution is 7.93. The fourth-order valence-electron chi connectivity index (χ4n) is 4.64. The molecule has 190 valence electrons. The van der Waals surface area contributed by atoms with Crippen LogP contribution < -0.4 is 9.62 Å². The van der Waals surface area contributed by atoms with Crippen molar-refractivity contribution >= 4 is 61.5 Å². The Bertz CT molecular complexity index is 1420. The minimum atomic E-state index is -3.70. The second-order valence-corrected chi connectivity index (χ2v) is 11.3. The van der Waals surface area contributed by atoms with Crippen LogP contribution in [0.4, 0.5) is 5.69 Å². The Hall–Kier alpha value is -2.81. The monoisotopic (exact) mass is 547 g/mol. The van der Waals surface area contributed by atoms with Gasteiger partial charge in [-0.2, -0.15) is 0 Å². The van der Waals surface area contributed by atoms with Crippen molar-refractivity contribution < 1.29 is 18.0 Å². The second-order valence-electron chi connectivity index (χ2n) is 8.62. The first-order valence-electron chi connectivity index (χ1n) is 11.7. The van der Waals surface area contributed by atoms with Crippen LogP contribution in [0.1, 0.15) is 31.7 Å². The number of anilines is 1. The molecule has 3 aromatic carbocycles. The van der Waals surface area contributed by atoms with Gasteiger partial charge in [0.15, 0.2) is 0 Å². The second kappa shape index (κ2) is 10.7. The molecule has 0 radical (unpaired) electrons. The first kappa shape index (κ1) is 26.3. The third-order valence-electron chi connectivity index (χ3n) is 6.40. The van der Waals surface area contributed by atoms with E-state index in [9.17, 15) is 18.0 Å². The molecule has 36 heavy (non-hydrogen) atoms. The Morgan fingerprint density at radius 2 is 1.78 bits per heavy atom. The van der Waals surface area contributed by atoms with E-state index < -0.39 is 16.1 Å². The lowest BCUT2D eigenvalue weighted by Crippen LogP contribution is -2.48. The van der Waals surface area contributed by atoms with Crippen LogP contribution >= 0.6 is 23.2 Å². The van der Waals surface area contributed by atoms with Gasteiger partial charge in [-0.1, -0.05) is 60.5 Å². The van der Waals surface area contributed by atoms with E-state index in [-0.39, 0.29) is 36.2 Å². The molecule has 0 spiro atoms. The van der Waals surface area contributed by atoms with E-state index in [1.807, 2.05) is 25.1 Å². The molecule has 1 aliphatic rings. The molecule has 1 N–H and O–H groups in total. The number of likely N-dealkylation sites (N-methyl/N-ethyl adjacent to an activating group) is 1. The molecule has 3 aromatic rings. The van der Waals surface area contributed by atoms with Crippen LogP contribution in [0.2, 0.25) is 10.0 Å². The zero-order chi connectivity index (χ0) is 26.0. The minimum absolute atomic E-state index is 0.0765. The van der Waals surface area contributed by atoms with E-state index in [1.54, 1.807) is 36.4 Å². The van der Waals surface area contributed by atoms with Crippen molar-refractivity contribution in [1.29, 1.82) is 0 Å². The first-order chi connectivity index (χ1) is 17.2. The van der Waals surface area contributed by atoms with Crippen LogP contribution in [0.5, 0.6) is 0 Å². The van der Waals surface area contributed by atoms with E-state index in [1.165, 1.54) is 16.3 Å². The van der Waals surface area contributed by atoms with Crippen molar-refractivity contribution in [1.82, 2.24) is 10.2 Å². The highest BCUT2D eigenvalue weighted by Gasteiger charge is 2.35. The van der Waals surface area contributed by atoms with Crippen molar-refractivity contribution in [3.05, 3.63) is 70.2 Å². The summed E-state index contributed by atoms with van der Waals surface area (Å²) in [6, 6.07) is 15.1. The lowest BCUT2D eigenvalue weighted by atomic mass is 10.1. The van der Waals surface area contributed by atoms with Crippen LogP contribution in [-0.2, 0) is 26.2 Å². The lowest BCUT2D eigenvalue weighted by Gasteiger charge is -2.30. The number of hydrogen-bond acceptors (Lipinski definition) is 4. The Balaban J connectivity index is 1.52. The number of carbonyl (C=O) groups excluding carboxylic acids is 2. The number of halogens is 2. The fourth-order valence-corrected chi connectivity index (χ4v) is 6.71. The fraction of sp³-hybridized carbons (Fsp3) is 0.308. The van der Waals surface area contributed by atoms with Gasteiger partial charge in [0, 0.05) is 31.9 Å². The lowest BCUT2D eigenvalue weighted by molar-refractivity contribution is -0.141. The van der Waals surface area contributed by atoms with Crippen LogP contribution in [-0.4, -0.2) is 44.8 Å². The van der Waals surface area contributed by atoms with Gasteiger partial charge in [0.05, 0.1) is 20.6 Å². The standard InChI is InChI=1S/C26H27Cl2N3O4S/c1-3-21(26(33)29-2)30(16-17-12-13-19(27)20(28)15-17)24(32)11-6-14-31-22-9-4-7-18-8-5-10-23(25(18)22)36(31,34)35/h4-5,7-10,12-13,15,21H,3,6,11,14,16H2,1-2H3,(H,29,33)/t21-/m0/s1. The van der Waals surface area contributed by atoms with Crippen molar-refractivity contribution in [2.24, 2.45) is 0 Å². The van der Waals surface area contributed by atoms with Crippen molar-refractivity contribution in [2.75, 3.05) is 17.9 Å². The van der Waals surface area contributed by atoms with Gasteiger partial charge in [0.1, 0.15) is 6.04 Å². The summed E-state index contributed by atoms with van der Waals surface area (Å²) < 4.78 is 27.8. The molecule has 0 aromatic heterocycles. The number of rotatable bonds is 9. The van der Waals surface area contributed by atoms with E-state index >= 15 is 0 Å². The number of amides is 2. The average Bonchev–Trinajstić information content (AvgIpc) is 3.08. The number of nitrogens with one attached hydrogen (secondary N) is 1. The summed E-state index contributed by atoms with van der Waals surface area (Å²) in [5, 5.41) is 4.95. The molecule has 1 heterocycles. The zero-order valence-electron chi connectivity index (χ0n) is 20.0. The molecular weight excluding hydrogens is 521 g/mol. The van der Waals surface area contributed by atoms with Gasteiger partial charge in [-0.25, -0.2) is 8.42 Å². The van der Waals surface area contributed by atoms with Gasteiger partial charge in [0.25, 0.3) is 10.0 Å². The molecule has 10 heteroatoms. The Morgan fingerprint density at radius 1 is 1.06 bits per heavy atom. The zero-order valence-corrected chi connectivity index (χ0v) is 22.3. The van der Waals surface area contributed by atoms with E-state index in [0.717, 1.165) is 10.9 Å². The van der Waals surface area contributed by atoms with Gasteiger partial charge in [0.2, 0.25) is 11.8 Å². The topological polar surface area (TPSA) is 86.8 Å².